The van der Waals surface area contributed by atoms with Crippen molar-refractivity contribution in [2.75, 3.05) is 5.32 Å². The molecule has 6 nitrogen and oxygen atoms in total. The van der Waals surface area contributed by atoms with Crippen molar-refractivity contribution in [3.63, 3.8) is 0 Å². The van der Waals surface area contributed by atoms with Crippen molar-refractivity contribution in [2.24, 2.45) is 10.9 Å². The van der Waals surface area contributed by atoms with Crippen molar-refractivity contribution in [1.82, 2.24) is 0 Å². The first-order valence-corrected chi connectivity index (χ1v) is 13.2. The molecule has 36 heavy (non-hydrogen) atoms. The second kappa shape index (κ2) is 8.93. The molecule has 0 saturated heterocycles. The first-order valence-electron chi connectivity index (χ1n) is 11.7. The van der Waals surface area contributed by atoms with Gasteiger partial charge in [-0.15, -0.1) is 0 Å². The zero-order valence-electron chi connectivity index (χ0n) is 19.9. The van der Waals surface area contributed by atoms with E-state index in [1.807, 2.05) is 60.7 Å². The predicted molar refractivity (Wildman–Crippen MR) is 145 cm³/mol. The minimum Gasteiger partial charge on any atom is -0.384 e. The van der Waals surface area contributed by atoms with Crippen LogP contribution in [0.1, 0.15) is 41.6 Å². The van der Waals surface area contributed by atoms with Gasteiger partial charge in [0.05, 0.1) is 10.9 Å². The van der Waals surface area contributed by atoms with Gasteiger partial charge in [0.25, 0.3) is 0 Å². The topological polar surface area (TPSA) is 122 Å². The molecule has 0 aromatic heterocycles. The Balaban J connectivity index is 1.62. The maximum Gasteiger partial charge on any atom is 0.238 e. The van der Waals surface area contributed by atoms with Gasteiger partial charge in [0.2, 0.25) is 10.0 Å². The molecule has 0 amide bonds. The SMILES string of the molecule is CC1(c2ccccc2)CC(c2cccc(-c3ccccc3S(N)(=O)=O)c2)Nc2ccc(C(=N)N)cc21. The average Bonchev–Trinajstić information content (AvgIpc) is 2.88. The predicted octanol–water partition coefficient (Wildman–Crippen LogP) is 5.15. The molecule has 2 unspecified atom stereocenters. The van der Waals surface area contributed by atoms with Crippen LogP contribution in [0, 0.1) is 5.41 Å². The first kappa shape index (κ1) is 23.8. The number of nitrogens with two attached hydrogens (primary N) is 2. The van der Waals surface area contributed by atoms with Gasteiger partial charge in [0, 0.05) is 22.2 Å². The zero-order chi connectivity index (χ0) is 25.5. The molecule has 1 aliphatic rings. The normalized spacial score (nSPS) is 19.2. The summed E-state index contributed by atoms with van der Waals surface area (Å²) in [6, 6.07) is 30.9. The van der Waals surface area contributed by atoms with Gasteiger partial charge >= 0.3 is 0 Å². The van der Waals surface area contributed by atoms with Crippen molar-refractivity contribution in [3.8, 4) is 11.1 Å². The molecule has 4 aromatic carbocycles. The summed E-state index contributed by atoms with van der Waals surface area (Å²) in [6.07, 6.45) is 0.756. The largest absolute Gasteiger partial charge is 0.384 e. The van der Waals surface area contributed by atoms with Crippen molar-refractivity contribution in [3.05, 3.63) is 119 Å². The Bertz CT molecular complexity index is 1570. The van der Waals surface area contributed by atoms with Gasteiger partial charge in [-0.1, -0.05) is 73.7 Å². The zero-order valence-corrected chi connectivity index (χ0v) is 20.7. The van der Waals surface area contributed by atoms with E-state index in [0.717, 1.165) is 28.8 Å². The standard InChI is InChI=1S/C29H28N4O2S/c1-29(22-10-3-2-4-11-22)18-26(33-25-15-14-21(28(30)31)17-24(25)29)20-9-7-8-19(16-20)23-12-5-6-13-27(23)36(32,34)35/h2-17,26,33H,18H2,1H3,(H3,30,31)(H2,32,34,35). The molecular weight excluding hydrogens is 468 g/mol. The lowest BCUT2D eigenvalue weighted by molar-refractivity contribution is 0.459. The monoisotopic (exact) mass is 496 g/mol. The Morgan fingerprint density at radius 2 is 1.67 bits per heavy atom. The van der Waals surface area contributed by atoms with E-state index in [2.05, 4.69) is 30.4 Å². The van der Waals surface area contributed by atoms with Crippen molar-refractivity contribution >= 4 is 21.5 Å². The van der Waals surface area contributed by atoms with Crippen molar-refractivity contribution < 1.29 is 8.42 Å². The van der Waals surface area contributed by atoms with Crippen LogP contribution in [0.4, 0.5) is 5.69 Å². The van der Waals surface area contributed by atoms with E-state index >= 15 is 0 Å². The fourth-order valence-electron chi connectivity index (χ4n) is 5.21. The van der Waals surface area contributed by atoms with Gasteiger partial charge in [-0.2, -0.15) is 0 Å². The number of fused-ring (bicyclic) bond motifs is 1. The molecule has 0 saturated carbocycles. The van der Waals surface area contributed by atoms with Gasteiger partial charge in [0.15, 0.2) is 0 Å². The fraction of sp³-hybridized carbons (Fsp3) is 0.138. The number of amidine groups is 1. The highest BCUT2D eigenvalue weighted by molar-refractivity contribution is 7.89. The molecule has 1 aliphatic heterocycles. The van der Waals surface area contributed by atoms with E-state index in [-0.39, 0.29) is 22.2 Å². The van der Waals surface area contributed by atoms with Gasteiger partial charge in [0.1, 0.15) is 5.84 Å². The van der Waals surface area contributed by atoms with Gasteiger partial charge in [-0.3, -0.25) is 5.41 Å². The Morgan fingerprint density at radius 1 is 0.944 bits per heavy atom. The third-order valence-corrected chi connectivity index (χ3v) is 8.04. The molecule has 0 spiro atoms. The van der Waals surface area contributed by atoms with Gasteiger partial charge in [-0.25, -0.2) is 13.6 Å². The van der Waals surface area contributed by atoms with Gasteiger partial charge in [-0.05, 0) is 59.0 Å². The molecule has 7 heteroatoms. The fourth-order valence-corrected chi connectivity index (χ4v) is 5.97. The lowest BCUT2D eigenvalue weighted by Gasteiger charge is -2.42. The molecule has 1 heterocycles. The summed E-state index contributed by atoms with van der Waals surface area (Å²) in [5.74, 6) is 0.0385. The van der Waals surface area contributed by atoms with Crippen LogP contribution in [-0.4, -0.2) is 14.3 Å². The summed E-state index contributed by atoms with van der Waals surface area (Å²) >= 11 is 0. The number of hydrogen-bond donors (Lipinski definition) is 4. The summed E-state index contributed by atoms with van der Waals surface area (Å²) in [5.41, 5.74) is 11.8. The highest BCUT2D eigenvalue weighted by atomic mass is 32.2. The molecule has 0 radical (unpaired) electrons. The maximum atomic E-state index is 12.2. The Hall–Kier alpha value is -3.94. The van der Waals surface area contributed by atoms with E-state index in [1.54, 1.807) is 12.1 Å². The molecule has 4 aromatic rings. The Morgan fingerprint density at radius 3 is 2.39 bits per heavy atom. The second-order valence-electron chi connectivity index (χ2n) is 9.44. The van der Waals surface area contributed by atoms with Crippen LogP contribution in [0.15, 0.2) is 102 Å². The van der Waals surface area contributed by atoms with E-state index < -0.39 is 10.0 Å². The first-order chi connectivity index (χ1) is 17.2. The van der Waals surface area contributed by atoms with E-state index in [4.69, 9.17) is 16.3 Å². The number of sulfonamides is 1. The van der Waals surface area contributed by atoms with Crippen molar-refractivity contribution in [2.45, 2.75) is 29.7 Å². The number of nitrogens with one attached hydrogen (secondary N) is 2. The van der Waals surface area contributed by atoms with Crippen LogP contribution in [0.2, 0.25) is 0 Å². The minimum atomic E-state index is -3.87. The van der Waals surface area contributed by atoms with Crippen LogP contribution in [0.3, 0.4) is 0 Å². The number of rotatable bonds is 5. The number of hydrogen-bond acceptors (Lipinski definition) is 4. The van der Waals surface area contributed by atoms with Crippen LogP contribution in [0.25, 0.3) is 11.1 Å². The molecule has 5 rings (SSSR count). The van der Waals surface area contributed by atoms with Crippen LogP contribution in [-0.2, 0) is 15.4 Å². The average molecular weight is 497 g/mol. The Kier molecular flexibility index (Phi) is 5.90. The summed E-state index contributed by atoms with van der Waals surface area (Å²) in [6.45, 7) is 2.22. The third kappa shape index (κ3) is 4.27. The van der Waals surface area contributed by atoms with Crippen molar-refractivity contribution in [1.29, 1.82) is 5.41 Å². The Labute approximate surface area is 211 Å². The highest BCUT2D eigenvalue weighted by Gasteiger charge is 2.39. The molecule has 182 valence electrons. The maximum absolute atomic E-state index is 12.2. The van der Waals surface area contributed by atoms with E-state index in [0.29, 0.717) is 11.1 Å². The number of primary sulfonamides is 1. The summed E-state index contributed by atoms with van der Waals surface area (Å²) in [7, 11) is -3.87. The number of anilines is 1. The lowest BCUT2D eigenvalue weighted by atomic mass is 9.68. The summed E-state index contributed by atoms with van der Waals surface area (Å²) < 4.78 is 24.4. The minimum absolute atomic E-state index is 0.0347. The molecule has 2 atom stereocenters. The van der Waals surface area contributed by atoms with E-state index in [9.17, 15) is 8.42 Å². The molecule has 0 fully saturated rings. The molecule has 6 N–H and O–H groups in total. The van der Waals surface area contributed by atoms with Crippen LogP contribution in [0.5, 0.6) is 0 Å². The third-order valence-electron chi connectivity index (χ3n) is 7.07. The molecule has 0 bridgehead atoms. The lowest BCUT2D eigenvalue weighted by Crippen LogP contribution is -2.35. The van der Waals surface area contributed by atoms with Gasteiger partial charge < -0.3 is 11.1 Å². The molecular formula is C29H28N4O2S. The highest BCUT2D eigenvalue weighted by Crippen LogP contribution is 2.48. The number of nitrogen functional groups attached to an aromatic ring is 1. The quantitative estimate of drug-likeness (QED) is 0.225. The van der Waals surface area contributed by atoms with Crippen LogP contribution >= 0.6 is 0 Å². The van der Waals surface area contributed by atoms with E-state index in [1.165, 1.54) is 11.6 Å². The summed E-state index contributed by atoms with van der Waals surface area (Å²) in [4.78, 5) is 0.106. The second-order valence-corrected chi connectivity index (χ2v) is 11.0. The molecule has 0 aliphatic carbocycles. The van der Waals surface area contributed by atoms with Crippen LogP contribution < -0.4 is 16.2 Å². The smallest absolute Gasteiger partial charge is 0.238 e. The number of benzene rings is 4. The summed E-state index contributed by atoms with van der Waals surface area (Å²) in [5, 5.41) is 17.1.